The van der Waals surface area contributed by atoms with Crippen molar-refractivity contribution >= 4 is 5.91 Å². The minimum Gasteiger partial charge on any atom is -0.454 e. The van der Waals surface area contributed by atoms with Gasteiger partial charge in [0.1, 0.15) is 17.5 Å². The van der Waals surface area contributed by atoms with E-state index < -0.39 is 0 Å². The van der Waals surface area contributed by atoms with Crippen LogP contribution in [0.3, 0.4) is 0 Å². The zero-order valence-electron chi connectivity index (χ0n) is 16.0. The minimum atomic E-state index is -0.192. The van der Waals surface area contributed by atoms with Crippen LogP contribution in [0.2, 0.25) is 0 Å². The number of benzene rings is 1. The summed E-state index contributed by atoms with van der Waals surface area (Å²) in [4.78, 5) is 14.9. The third-order valence-corrected chi connectivity index (χ3v) is 5.82. The summed E-state index contributed by atoms with van der Waals surface area (Å²) in [5.41, 5.74) is 9.06. The van der Waals surface area contributed by atoms with Gasteiger partial charge in [-0.3, -0.25) is 10.2 Å². The third-order valence-electron chi connectivity index (χ3n) is 5.82. The first-order valence-corrected chi connectivity index (χ1v) is 9.77. The number of hydrogen-bond donors (Lipinski definition) is 2. The largest absolute Gasteiger partial charge is 0.454 e. The first-order valence-electron chi connectivity index (χ1n) is 9.77. The van der Waals surface area contributed by atoms with Crippen molar-refractivity contribution in [3.8, 4) is 22.8 Å². The molecule has 3 aliphatic rings. The average Bonchev–Trinajstić information content (AvgIpc) is 3.44. The van der Waals surface area contributed by atoms with E-state index in [4.69, 9.17) is 14.0 Å². The number of fused-ring (bicyclic) bond motifs is 2. The molecule has 1 fully saturated rings. The summed E-state index contributed by atoms with van der Waals surface area (Å²) in [6, 6.07) is 5.86. The third kappa shape index (κ3) is 2.93. The van der Waals surface area contributed by atoms with E-state index in [-0.39, 0.29) is 18.7 Å². The highest BCUT2D eigenvalue weighted by molar-refractivity contribution is 5.83. The van der Waals surface area contributed by atoms with Crippen LogP contribution in [0.25, 0.3) is 11.3 Å². The van der Waals surface area contributed by atoms with Gasteiger partial charge in [0.25, 0.3) is 0 Å². The Balaban J connectivity index is 1.36. The zero-order valence-corrected chi connectivity index (χ0v) is 16.0. The van der Waals surface area contributed by atoms with Crippen LogP contribution in [0.15, 0.2) is 22.7 Å². The molecule has 4 heterocycles. The lowest BCUT2D eigenvalue weighted by molar-refractivity contribution is -0.134. The molecule has 0 aliphatic carbocycles. The molecular formula is C20H24N4O4. The molecular weight excluding hydrogens is 360 g/mol. The predicted molar refractivity (Wildman–Crippen MR) is 100 cm³/mol. The maximum atomic E-state index is 13.0. The lowest BCUT2D eigenvalue weighted by Crippen LogP contribution is -2.47. The number of carbonyl (C=O) groups excluding carboxylic acids is 1. The Bertz CT molecular complexity index is 910. The van der Waals surface area contributed by atoms with Gasteiger partial charge in [-0.15, -0.1) is 0 Å². The first kappa shape index (κ1) is 17.5. The first-order chi connectivity index (χ1) is 13.6. The number of amides is 1. The zero-order chi connectivity index (χ0) is 19.3. The van der Waals surface area contributed by atoms with Crippen LogP contribution in [0.5, 0.6) is 11.5 Å². The van der Waals surface area contributed by atoms with Crippen molar-refractivity contribution in [2.75, 3.05) is 13.3 Å². The monoisotopic (exact) mass is 384 g/mol. The van der Waals surface area contributed by atoms with Crippen LogP contribution >= 0.6 is 0 Å². The highest BCUT2D eigenvalue weighted by Crippen LogP contribution is 2.38. The number of nitrogens with one attached hydrogen (secondary N) is 2. The maximum Gasteiger partial charge on any atom is 0.241 e. The van der Waals surface area contributed by atoms with E-state index in [9.17, 15) is 4.79 Å². The molecule has 0 bridgehead atoms. The second-order valence-electron chi connectivity index (χ2n) is 7.94. The van der Waals surface area contributed by atoms with Crippen molar-refractivity contribution in [3.05, 3.63) is 29.5 Å². The van der Waals surface area contributed by atoms with Gasteiger partial charge in [-0.2, -0.15) is 0 Å². The van der Waals surface area contributed by atoms with Crippen molar-refractivity contribution in [1.29, 1.82) is 0 Å². The average molecular weight is 384 g/mol. The van der Waals surface area contributed by atoms with Crippen LogP contribution in [-0.4, -0.2) is 41.4 Å². The summed E-state index contributed by atoms with van der Waals surface area (Å²) in [5, 5.41) is 4.28. The van der Waals surface area contributed by atoms with E-state index in [0.29, 0.717) is 37.2 Å². The van der Waals surface area contributed by atoms with E-state index in [1.54, 1.807) is 0 Å². The Morgan fingerprint density at radius 3 is 2.93 bits per heavy atom. The molecule has 0 saturated carbocycles. The molecule has 2 aromatic rings. The fourth-order valence-corrected chi connectivity index (χ4v) is 4.07. The summed E-state index contributed by atoms with van der Waals surface area (Å²) in [6.07, 6.45) is 1.48. The van der Waals surface area contributed by atoms with E-state index in [1.807, 2.05) is 23.1 Å². The van der Waals surface area contributed by atoms with E-state index in [0.717, 1.165) is 34.8 Å². The fourth-order valence-electron chi connectivity index (χ4n) is 4.07. The normalized spacial score (nSPS) is 23.3. The molecule has 0 spiro atoms. The van der Waals surface area contributed by atoms with Gasteiger partial charge in [0.2, 0.25) is 12.7 Å². The Morgan fingerprint density at radius 1 is 1.25 bits per heavy atom. The number of carbonyl (C=O) groups is 1. The molecule has 28 heavy (non-hydrogen) atoms. The molecule has 2 N–H and O–H groups in total. The molecule has 5 rings (SSSR count). The van der Waals surface area contributed by atoms with Crippen LogP contribution < -0.4 is 20.3 Å². The van der Waals surface area contributed by atoms with E-state index in [2.05, 4.69) is 29.9 Å². The van der Waals surface area contributed by atoms with Gasteiger partial charge < -0.3 is 18.9 Å². The molecule has 1 saturated heterocycles. The van der Waals surface area contributed by atoms with Crippen molar-refractivity contribution in [2.24, 2.45) is 5.92 Å². The molecule has 1 aromatic heterocycles. The van der Waals surface area contributed by atoms with Crippen LogP contribution in [0.1, 0.15) is 31.6 Å². The Labute approximate surface area is 163 Å². The summed E-state index contributed by atoms with van der Waals surface area (Å²) in [6.45, 7) is 5.71. The number of hydrogen-bond acceptors (Lipinski definition) is 7. The summed E-state index contributed by atoms with van der Waals surface area (Å²) in [7, 11) is 0. The second-order valence-corrected chi connectivity index (χ2v) is 7.94. The minimum absolute atomic E-state index is 0.124. The summed E-state index contributed by atoms with van der Waals surface area (Å²) >= 11 is 0. The van der Waals surface area contributed by atoms with Gasteiger partial charge in [0.15, 0.2) is 11.5 Å². The Hall–Kier alpha value is -2.58. The van der Waals surface area contributed by atoms with Crippen molar-refractivity contribution < 1.29 is 18.8 Å². The SMILES string of the molecule is CC(C)C1CC(C(=O)N2CCc3onc(-c4ccc5c(c4)OCO5)c3C2)NN1. The molecule has 2 unspecified atom stereocenters. The molecule has 2 atom stereocenters. The summed E-state index contributed by atoms with van der Waals surface area (Å²) in [5.74, 6) is 2.90. The smallest absolute Gasteiger partial charge is 0.241 e. The molecule has 1 amide bonds. The van der Waals surface area contributed by atoms with Gasteiger partial charge in [-0.25, -0.2) is 5.43 Å². The molecule has 8 heteroatoms. The van der Waals surface area contributed by atoms with E-state index >= 15 is 0 Å². The highest BCUT2D eigenvalue weighted by atomic mass is 16.7. The quantitative estimate of drug-likeness (QED) is 0.835. The predicted octanol–water partition coefficient (Wildman–Crippen LogP) is 1.85. The molecule has 8 nitrogen and oxygen atoms in total. The van der Waals surface area contributed by atoms with Crippen molar-refractivity contribution in [3.63, 3.8) is 0 Å². The number of aromatic nitrogens is 1. The van der Waals surface area contributed by atoms with Crippen LogP contribution in [-0.2, 0) is 17.8 Å². The second kappa shape index (κ2) is 6.79. The summed E-state index contributed by atoms with van der Waals surface area (Å²) < 4.78 is 16.4. The number of ether oxygens (including phenoxy) is 2. The van der Waals surface area contributed by atoms with Gasteiger partial charge in [-0.05, 0) is 30.5 Å². The number of nitrogens with zero attached hydrogens (tertiary/aromatic N) is 2. The topological polar surface area (TPSA) is 88.9 Å². The fraction of sp³-hybridized carbons (Fsp3) is 0.500. The molecule has 0 radical (unpaired) electrons. The van der Waals surface area contributed by atoms with Gasteiger partial charge in [0, 0.05) is 30.1 Å². The molecule has 3 aliphatic heterocycles. The van der Waals surface area contributed by atoms with Crippen LogP contribution in [0.4, 0.5) is 0 Å². The Morgan fingerprint density at radius 2 is 2.11 bits per heavy atom. The Kier molecular flexibility index (Phi) is 4.25. The maximum absolute atomic E-state index is 13.0. The number of hydrazine groups is 1. The highest BCUT2D eigenvalue weighted by Gasteiger charge is 2.36. The van der Waals surface area contributed by atoms with Crippen molar-refractivity contribution in [2.45, 2.75) is 45.3 Å². The lowest BCUT2D eigenvalue weighted by atomic mass is 9.97. The van der Waals surface area contributed by atoms with Gasteiger partial charge >= 0.3 is 0 Å². The van der Waals surface area contributed by atoms with Gasteiger partial charge in [0.05, 0.1) is 6.54 Å². The van der Waals surface area contributed by atoms with Crippen LogP contribution in [0, 0.1) is 5.92 Å². The van der Waals surface area contributed by atoms with Gasteiger partial charge in [-0.1, -0.05) is 19.0 Å². The number of rotatable bonds is 3. The molecule has 1 aromatic carbocycles. The molecule has 148 valence electrons. The van der Waals surface area contributed by atoms with Crippen molar-refractivity contribution in [1.82, 2.24) is 20.9 Å². The standard InChI is InChI=1S/C20H24N4O4/c1-11(2)14-8-15(22-21-14)20(25)24-6-5-16-13(9-24)19(23-28-16)12-3-4-17-18(7-12)27-10-26-17/h3-4,7,11,14-15,21-22H,5-6,8-10H2,1-2H3. The lowest BCUT2D eigenvalue weighted by Gasteiger charge is -2.28. The van der Waals surface area contributed by atoms with E-state index in [1.165, 1.54) is 0 Å².